The Labute approximate surface area is 129 Å². The Kier molecular flexibility index (Phi) is 5.06. The molecule has 0 aliphatic rings. The first kappa shape index (κ1) is 15.3. The van der Waals surface area contributed by atoms with Gasteiger partial charge in [0, 0.05) is 16.6 Å². The molecule has 20 heavy (non-hydrogen) atoms. The number of halogens is 2. The Morgan fingerprint density at radius 1 is 1.10 bits per heavy atom. The summed E-state index contributed by atoms with van der Waals surface area (Å²) >= 11 is 12.2. The summed E-state index contributed by atoms with van der Waals surface area (Å²) in [7, 11) is 0. The highest BCUT2D eigenvalue weighted by atomic mass is 35.5. The van der Waals surface area contributed by atoms with Crippen molar-refractivity contribution in [1.29, 1.82) is 0 Å². The highest BCUT2D eigenvalue weighted by Crippen LogP contribution is 2.30. The van der Waals surface area contributed by atoms with E-state index >= 15 is 0 Å². The lowest BCUT2D eigenvalue weighted by Gasteiger charge is -2.30. The summed E-state index contributed by atoms with van der Waals surface area (Å²) in [4.78, 5) is 0. The van der Waals surface area contributed by atoms with E-state index in [2.05, 4.69) is 5.32 Å². The van der Waals surface area contributed by atoms with Crippen LogP contribution < -0.4 is 5.32 Å². The van der Waals surface area contributed by atoms with Crippen molar-refractivity contribution in [3.05, 3.63) is 69.7 Å². The summed E-state index contributed by atoms with van der Waals surface area (Å²) in [5.41, 5.74) is 1.37. The minimum Gasteiger partial charge on any atom is -0.394 e. The van der Waals surface area contributed by atoms with Crippen LogP contribution in [0, 0.1) is 0 Å². The fourth-order valence-corrected chi connectivity index (χ4v) is 2.68. The second-order valence-electron chi connectivity index (χ2n) is 4.95. The van der Waals surface area contributed by atoms with Gasteiger partial charge in [0.25, 0.3) is 0 Å². The van der Waals surface area contributed by atoms with Crippen LogP contribution in [0.2, 0.25) is 10.0 Å². The lowest BCUT2D eigenvalue weighted by Crippen LogP contribution is -2.42. The highest BCUT2D eigenvalue weighted by molar-refractivity contribution is 6.35. The van der Waals surface area contributed by atoms with E-state index in [1.54, 1.807) is 12.1 Å². The molecule has 0 aromatic heterocycles. The van der Waals surface area contributed by atoms with Crippen LogP contribution in [-0.2, 0) is 12.1 Å². The zero-order valence-electron chi connectivity index (χ0n) is 11.2. The van der Waals surface area contributed by atoms with Gasteiger partial charge in [0.1, 0.15) is 0 Å². The van der Waals surface area contributed by atoms with Gasteiger partial charge in [0.05, 0.1) is 12.1 Å². The fraction of sp³-hybridized carbons (Fsp3) is 0.250. The van der Waals surface area contributed by atoms with E-state index in [0.29, 0.717) is 16.6 Å². The molecular weight excluding hydrogens is 293 g/mol. The lowest BCUT2D eigenvalue weighted by molar-refractivity contribution is 0.173. The van der Waals surface area contributed by atoms with Gasteiger partial charge in [-0.3, -0.25) is 0 Å². The van der Waals surface area contributed by atoms with Gasteiger partial charge >= 0.3 is 0 Å². The van der Waals surface area contributed by atoms with Gasteiger partial charge in [-0.2, -0.15) is 0 Å². The van der Waals surface area contributed by atoms with Gasteiger partial charge in [0.2, 0.25) is 0 Å². The van der Waals surface area contributed by atoms with Gasteiger partial charge in [-0.25, -0.2) is 0 Å². The first-order valence-electron chi connectivity index (χ1n) is 6.40. The predicted octanol–water partition coefficient (Wildman–Crippen LogP) is 3.99. The summed E-state index contributed by atoms with van der Waals surface area (Å²) in [6.07, 6.45) is 0. The molecule has 0 fully saturated rings. The topological polar surface area (TPSA) is 32.3 Å². The molecule has 1 unspecified atom stereocenters. The third-order valence-corrected chi connectivity index (χ3v) is 3.92. The Balaban J connectivity index is 2.20. The van der Waals surface area contributed by atoms with Crippen molar-refractivity contribution in [2.45, 2.75) is 19.0 Å². The van der Waals surface area contributed by atoms with Gasteiger partial charge in [-0.15, -0.1) is 0 Å². The number of hydrogen-bond donors (Lipinski definition) is 2. The van der Waals surface area contributed by atoms with E-state index in [9.17, 15) is 5.11 Å². The molecule has 0 aliphatic heterocycles. The van der Waals surface area contributed by atoms with Crippen LogP contribution in [0.4, 0.5) is 0 Å². The number of benzene rings is 2. The molecule has 2 aromatic carbocycles. The molecule has 0 radical (unpaired) electrons. The average Bonchev–Trinajstić information content (AvgIpc) is 2.46. The van der Waals surface area contributed by atoms with E-state index in [1.165, 1.54) is 0 Å². The van der Waals surface area contributed by atoms with E-state index < -0.39 is 5.54 Å². The van der Waals surface area contributed by atoms with Crippen molar-refractivity contribution in [3.63, 3.8) is 0 Å². The van der Waals surface area contributed by atoms with Crippen LogP contribution in [0.15, 0.2) is 48.5 Å². The highest BCUT2D eigenvalue weighted by Gasteiger charge is 2.27. The third kappa shape index (κ3) is 3.53. The molecule has 2 N–H and O–H groups in total. The van der Waals surface area contributed by atoms with Crippen LogP contribution in [0.5, 0.6) is 0 Å². The summed E-state index contributed by atoms with van der Waals surface area (Å²) in [6.45, 7) is 2.52. The van der Waals surface area contributed by atoms with Gasteiger partial charge in [-0.05, 0) is 30.2 Å². The van der Waals surface area contributed by atoms with Crippen LogP contribution >= 0.6 is 23.2 Å². The molecule has 0 saturated carbocycles. The Hall–Kier alpha value is -1.06. The van der Waals surface area contributed by atoms with Gasteiger partial charge < -0.3 is 10.4 Å². The first-order chi connectivity index (χ1) is 9.55. The Morgan fingerprint density at radius 2 is 1.80 bits per heavy atom. The van der Waals surface area contributed by atoms with Crippen LogP contribution in [-0.4, -0.2) is 11.7 Å². The first-order valence-corrected chi connectivity index (χ1v) is 7.16. The molecule has 2 aromatic rings. The zero-order valence-corrected chi connectivity index (χ0v) is 12.7. The second kappa shape index (κ2) is 6.59. The monoisotopic (exact) mass is 309 g/mol. The minimum atomic E-state index is -0.614. The van der Waals surface area contributed by atoms with Gasteiger partial charge in [0.15, 0.2) is 0 Å². The standard InChI is InChI=1S/C16H17Cl2NO/c1-16(11-20,14-8-7-13(17)9-15(14)18)19-10-12-5-3-2-4-6-12/h2-9,19-20H,10-11H2,1H3. The van der Waals surface area contributed by atoms with Crippen molar-refractivity contribution in [2.24, 2.45) is 0 Å². The molecule has 0 bridgehead atoms. The largest absolute Gasteiger partial charge is 0.394 e. The number of aliphatic hydroxyl groups excluding tert-OH is 1. The third-order valence-electron chi connectivity index (χ3n) is 3.37. The summed E-state index contributed by atoms with van der Waals surface area (Å²) in [5, 5.41) is 14.3. The number of nitrogens with one attached hydrogen (secondary N) is 1. The molecule has 1 atom stereocenters. The molecule has 0 amide bonds. The number of aliphatic hydroxyl groups is 1. The van der Waals surface area contributed by atoms with Crippen molar-refractivity contribution in [3.8, 4) is 0 Å². The molecule has 2 rings (SSSR count). The summed E-state index contributed by atoms with van der Waals surface area (Å²) in [5.74, 6) is 0. The number of hydrogen-bond acceptors (Lipinski definition) is 2. The lowest BCUT2D eigenvalue weighted by atomic mass is 9.92. The molecule has 4 heteroatoms. The van der Waals surface area contributed by atoms with Crippen molar-refractivity contribution in [1.82, 2.24) is 5.32 Å². The quantitative estimate of drug-likeness (QED) is 0.875. The van der Waals surface area contributed by atoms with Gasteiger partial charge in [-0.1, -0.05) is 59.6 Å². The molecule has 0 heterocycles. The maximum Gasteiger partial charge on any atom is 0.0657 e. The van der Waals surface area contributed by atoms with E-state index in [4.69, 9.17) is 23.2 Å². The summed E-state index contributed by atoms with van der Waals surface area (Å²) < 4.78 is 0. The van der Waals surface area contributed by atoms with Crippen molar-refractivity contribution >= 4 is 23.2 Å². The van der Waals surface area contributed by atoms with E-state index in [-0.39, 0.29) is 6.61 Å². The Bertz CT molecular complexity index is 574. The van der Waals surface area contributed by atoms with Crippen LogP contribution in [0.1, 0.15) is 18.1 Å². The zero-order chi connectivity index (χ0) is 14.6. The SMILES string of the molecule is CC(CO)(NCc1ccccc1)c1ccc(Cl)cc1Cl. The fourth-order valence-electron chi connectivity index (χ4n) is 2.07. The van der Waals surface area contributed by atoms with Crippen LogP contribution in [0.3, 0.4) is 0 Å². The smallest absolute Gasteiger partial charge is 0.0657 e. The molecular formula is C16H17Cl2NO. The van der Waals surface area contributed by atoms with Crippen LogP contribution in [0.25, 0.3) is 0 Å². The predicted molar refractivity (Wildman–Crippen MR) is 84.2 cm³/mol. The van der Waals surface area contributed by atoms with E-state index in [1.807, 2.05) is 43.3 Å². The second-order valence-corrected chi connectivity index (χ2v) is 5.80. The maximum atomic E-state index is 9.76. The average molecular weight is 310 g/mol. The Morgan fingerprint density at radius 3 is 2.40 bits per heavy atom. The molecule has 106 valence electrons. The summed E-state index contributed by atoms with van der Waals surface area (Å²) in [6, 6.07) is 15.3. The molecule has 0 aliphatic carbocycles. The number of rotatable bonds is 5. The van der Waals surface area contributed by atoms with Crippen molar-refractivity contribution < 1.29 is 5.11 Å². The molecule has 2 nitrogen and oxygen atoms in total. The molecule has 0 saturated heterocycles. The van der Waals surface area contributed by atoms with Crippen molar-refractivity contribution in [2.75, 3.05) is 6.61 Å². The molecule has 0 spiro atoms. The normalized spacial score (nSPS) is 14.0. The minimum absolute atomic E-state index is 0.0544. The van der Waals surface area contributed by atoms with E-state index in [0.717, 1.165) is 11.1 Å². The maximum absolute atomic E-state index is 9.76.